The summed E-state index contributed by atoms with van der Waals surface area (Å²) in [6.07, 6.45) is 0.893. The fraction of sp³-hybridized carbons (Fsp3) is 0.639. The van der Waals surface area contributed by atoms with Crippen LogP contribution in [0.2, 0.25) is 0 Å². The summed E-state index contributed by atoms with van der Waals surface area (Å²) in [5.41, 5.74) is 4.57. The standard InChI is InChI=1S/C36H58N6O10/c1-35(2,3)51-32(47)28(17-11-13-18-38-33(48)50-24-25-14-8-7-9-15-25)42-31(46)26(16-10-12-19-39-34(49)52-36(4,5)6)20-27(43)22-40-30(45)23-41-29(44)21-37/h7-9,14-15,26,28H,10-13,16-24,37H2,1-6H3,(H,38,48)(H,39,49)(H,40,45)(H,41,44)(H,42,46)/t26?,28-/m0/s1. The average Bonchev–Trinajstić information content (AvgIpc) is 3.06. The second kappa shape index (κ2) is 23.7. The number of ketones is 1. The number of hydrogen-bond donors (Lipinski definition) is 6. The molecule has 1 aromatic rings. The molecular formula is C36H58N6O10. The molecule has 0 aliphatic carbocycles. The van der Waals surface area contributed by atoms with Crippen LogP contribution in [0.25, 0.3) is 0 Å². The van der Waals surface area contributed by atoms with Crippen molar-refractivity contribution >= 4 is 41.7 Å². The maximum Gasteiger partial charge on any atom is 0.407 e. The molecule has 292 valence electrons. The molecule has 7 N–H and O–H groups in total. The first-order valence-electron chi connectivity index (χ1n) is 17.6. The zero-order valence-corrected chi connectivity index (χ0v) is 31.4. The zero-order chi connectivity index (χ0) is 39.2. The quantitative estimate of drug-likeness (QED) is 0.0575. The first-order valence-corrected chi connectivity index (χ1v) is 17.6. The molecule has 52 heavy (non-hydrogen) atoms. The van der Waals surface area contributed by atoms with Crippen molar-refractivity contribution in [1.82, 2.24) is 26.6 Å². The summed E-state index contributed by atoms with van der Waals surface area (Å²) in [6.45, 7) is 10.0. The van der Waals surface area contributed by atoms with Gasteiger partial charge in [0.2, 0.25) is 17.7 Å². The predicted molar refractivity (Wildman–Crippen MR) is 193 cm³/mol. The topological polar surface area (TPSA) is 233 Å². The summed E-state index contributed by atoms with van der Waals surface area (Å²) < 4.78 is 16.0. The van der Waals surface area contributed by atoms with E-state index in [1.807, 2.05) is 30.3 Å². The molecule has 0 radical (unpaired) electrons. The number of rotatable bonds is 22. The van der Waals surface area contributed by atoms with Gasteiger partial charge in [-0.2, -0.15) is 0 Å². The Morgan fingerprint density at radius 2 is 1.27 bits per heavy atom. The van der Waals surface area contributed by atoms with E-state index in [1.54, 1.807) is 41.5 Å². The normalized spacial score (nSPS) is 12.4. The fourth-order valence-corrected chi connectivity index (χ4v) is 4.55. The Balaban J connectivity index is 2.84. The third kappa shape index (κ3) is 22.9. The van der Waals surface area contributed by atoms with Crippen LogP contribution in [0.4, 0.5) is 9.59 Å². The van der Waals surface area contributed by atoms with E-state index >= 15 is 0 Å². The highest BCUT2D eigenvalue weighted by atomic mass is 16.6. The molecule has 0 spiro atoms. The molecular weight excluding hydrogens is 676 g/mol. The number of unbranched alkanes of at least 4 members (excludes halogenated alkanes) is 2. The number of carbonyl (C=O) groups is 7. The number of hydrogen-bond acceptors (Lipinski definition) is 11. The summed E-state index contributed by atoms with van der Waals surface area (Å²) in [4.78, 5) is 87.1. The van der Waals surface area contributed by atoms with Crippen molar-refractivity contribution in [3.63, 3.8) is 0 Å². The van der Waals surface area contributed by atoms with Crippen LogP contribution in [-0.2, 0) is 44.8 Å². The number of amides is 5. The Morgan fingerprint density at radius 3 is 1.87 bits per heavy atom. The number of Topliss-reactive ketones (excluding diaryl/α,β-unsaturated/α-hetero) is 1. The number of nitrogens with one attached hydrogen (secondary N) is 5. The van der Waals surface area contributed by atoms with Gasteiger partial charge in [-0.05, 0) is 79.2 Å². The second-order valence-electron chi connectivity index (χ2n) is 14.2. The minimum atomic E-state index is -1.03. The lowest BCUT2D eigenvalue weighted by Crippen LogP contribution is -2.47. The van der Waals surface area contributed by atoms with Gasteiger partial charge in [0.15, 0.2) is 5.78 Å². The molecule has 0 fully saturated rings. The zero-order valence-electron chi connectivity index (χ0n) is 31.4. The number of esters is 1. The summed E-state index contributed by atoms with van der Waals surface area (Å²) in [7, 11) is 0. The van der Waals surface area contributed by atoms with Crippen molar-refractivity contribution in [3.8, 4) is 0 Å². The number of ether oxygens (including phenoxy) is 3. The molecule has 16 heteroatoms. The van der Waals surface area contributed by atoms with Gasteiger partial charge in [-0.25, -0.2) is 14.4 Å². The van der Waals surface area contributed by atoms with Crippen LogP contribution in [0, 0.1) is 5.92 Å². The van der Waals surface area contributed by atoms with Gasteiger partial charge < -0.3 is 46.5 Å². The summed E-state index contributed by atoms with van der Waals surface area (Å²) in [5.74, 6) is -3.63. The summed E-state index contributed by atoms with van der Waals surface area (Å²) in [6, 6.07) is 8.21. The Hall–Kier alpha value is -4.73. The van der Waals surface area contributed by atoms with Gasteiger partial charge in [-0.15, -0.1) is 0 Å². The smallest absolute Gasteiger partial charge is 0.407 e. The molecule has 0 saturated carbocycles. The van der Waals surface area contributed by atoms with Gasteiger partial charge in [0.25, 0.3) is 0 Å². The molecule has 0 aromatic heterocycles. The molecule has 0 aliphatic heterocycles. The molecule has 0 saturated heterocycles. The number of benzene rings is 1. The molecule has 0 bridgehead atoms. The molecule has 5 amide bonds. The number of carbonyl (C=O) groups excluding carboxylic acids is 7. The lowest BCUT2D eigenvalue weighted by molar-refractivity contribution is -0.159. The van der Waals surface area contributed by atoms with E-state index in [4.69, 9.17) is 19.9 Å². The lowest BCUT2D eigenvalue weighted by Gasteiger charge is -2.26. The van der Waals surface area contributed by atoms with Crippen LogP contribution in [0.15, 0.2) is 30.3 Å². The second-order valence-corrected chi connectivity index (χ2v) is 14.2. The Labute approximate surface area is 306 Å². The van der Waals surface area contributed by atoms with Crippen LogP contribution < -0.4 is 32.3 Å². The minimum Gasteiger partial charge on any atom is -0.458 e. The average molecular weight is 735 g/mol. The first-order chi connectivity index (χ1) is 24.4. The van der Waals surface area contributed by atoms with E-state index in [2.05, 4.69) is 26.6 Å². The van der Waals surface area contributed by atoms with E-state index in [-0.39, 0.29) is 58.6 Å². The molecule has 1 unspecified atom stereocenters. The Bertz CT molecular complexity index is 1310. The fourth-order valence-electron chi connectivity index (χ4n) is 4.55. The van der Waals surface area contributed by atoms with Crippen molar-refractivity contribution in [2.45, 2.75) is 110 Å². The number of nitrogens with two attached hydrogens (primary N) is 1. The number of alkyl carbamates (subject to hydrolysis) is 2. The maximum atomic E-state index is 13.6. The third-order valence-corrected chi connectivity index (χ3v) is 7.02. The van der Waals surface area contributed by atoms with E-state index in [0.29, 0.717) is 25.7 Å². The first kappa shape index (κ1) is 45.3. The summed E-state index contributed by atoms with van der Waals surface area (Å²) in [5, 5.41) is 12.8. The Kier molecular flexibility index (Phi) is 20.6. The third-order valence-electron chi connectivity index (χ3n) is 7.02. The lowest BCUT2D eigenvalue weighted by atomic mass is 9.94. The van der Waals surface area contributed by atoms with Crippen LogP contribution in [0.1, 0.15) is 92.1 Å². The van der Waals surface area contributed by atoms with Gasteiger partial charge in [-0.3, -0.25) is 19.2 Å². The predicted octanol–water partition coefficient (Wildman–Crippen LogP) is 2.37. The van der Waals surface area contributed by atoms with Gasteiger partial charge >= 0.3 is 18.2 Å². The SMILES string of the molecule is CC(C)(C)OC(=O)NCCCCC(CC(=O)CNC(=O)CNC(=O)CN)C(=O)N[C@@H](CCCCNC(=O)OCc1ccccc1)C(=O)OC(C)(C)C. The van der Waals surface area contributed by atoms with Crippen molar-refractivity contribution in [3.05, 3.63) is 35.9 Å². The van der Waals surface area contributed by atoms with E-state index in [9.17, 15) is 33.6 Å². The highest BCUT2D eigenvalue weighted by molar-refractivity contribution is 5.92. The molecule has 0 heterocycles. The van der Waals surface area contributed by atoms with E-state index in [0.717, 1.165) is 5.56 Å². The van der Waals surface area contributed by atoms with Crippen LogP contribution in [-0.4, -0.2) is 91.6 Å². The Morgan fingerprint density at radius 1 is 0.692 bits per heavy atom. The molecule has 1 aromatic carbocycles. The van der Waals surface area contributed by atoms with Gasteiger partial charge in [0.05, 0.1) is 19.6 Å². The molecule has 0 aliphatic rings. The van der Waals surface area contributed by atoms with Crippen molar-refractivity contribution in [1.29, 1.82) is 0 Å². The summed E-state index contributed by atoms with van der Waals surface area (Å²) >= 11 is 0. The van der Waals surface area contributed by atoms with Crippen molar-refractivity contribution in [2.75, 3.05) is 32.7 Å². The van der Waals surface area contributed by atoms with Crippen molar-refractivity contribution < 1.29 is 47.8 Å². The van der Waals surface area contributed by atoms with E-state index < -0.39 is 64.8 Å². The van der Waals surface area contributed by atoms with Gasteiger partial charge in [-0.1, -0.05) is 36.8 Å². The van der Waals surface area contributed by atoms with Gasteiger partial charge in [0.1, 0.15) is 23.9 Å². The van der Waals surface area contributed by atoms with Crippen molar-refractivity contribution in [2.24, 2.45) is 11.7 Å². The van der Waals surface area contributed by atoms with Gasteiger partial charge in [0, 0.05) is 25.4 Å². The van der Waals surface area contributed by atoms with E-state index in [1.165, 1.54) is 0 Å². The minimum absolute atomic E-state index is 0.128. The van der Waals surface area contributed by atoms with Crippen LogP contribution in [0.3, 0.4) is 0 Å². The molecule has 1 rings (SSSR count). The largest absolute Gasteiger partial charge is 0.458 e. The maximum absolute atomic E-state index is 13.6. The van der Waals surface area contributed by atoms with Crippen LogP contribution >= 0.6 is 0 Å². The highest BCUT2D eigenvalue weighted by Crippen LogP contribution is 2.17. The van der Waals surface area contributed by atoms with Crippen LogP contribution in [0.5, 0.6) is 0 Å². The highest BCUT2D eigenvalue weighted by Gasteiger charge is 2.30. The molecule has 2 atom stereocenters. The molecule has 16 nitrogen and oxygen atoms in total. The monoisotopic (exact) mass is 734 g/mol.